The zero-order valence-corrected chi connectivity index (χ0v) is 15.6. The number of urea groups is 1. The van der Waals surface area contributed by atoms with Crippen LogP contribution in [0.4, 0.5) is 15.6 Å². The van der Waals surface area contributed by atoms with Crippen LogP contribution in [0, 0.1) is 0 Å². The van der Waals surface area contributed by atoms with E-state index in [0.717, 1.165) is 19.4 Å². The summed E-state index contributed by atoms with van der Waals surface area (Å²) in [4.78, 5) is 23.8. The molecular weight excluding hydrogens is 374 g/mol. The molecule has 2 heterocycles. The monoisotopic (exact) mass is 393 g/mol. The summed E-state index contributed by atoms with van der Waals surface area (Å²) in [5.74, 6) is 0.175. The molecule has 0 aliphatic carbocycles. The van der Waals surface area contributed by atoms with Crippen molar-refractivity contribution in [3.8, 4) is 0 Å². The van der Waals surface area contributed by atoms with E-state index < -0.39 is 6.03 Å². The van der Waals surface area contributed by atoms with E-state index in [1.54, 1.807) is 12.1 Å². The Balaban J connectivity index is 1.38. The number of hydrogen-bond donors (Lipinski definition) is 3. The van der Waals surface area contributed by atoms with Gasteiger partial charge in [0, 0.05) is 18.8 Å². The maximum atomic E-state index is 11.9. The summed E-state index contributed by atoms with van der Waals surface area (Å²) < 4.78 is 6.08. The lowest BCUT2D eigenvalue weighted by atomic mass is 10.2. The molecule has 2 aromatic rings. The number of nitrogens with one attached hydrogen (secondary N) is 3. The predicted octanol–water partition coefficient (Wildman–Crippen LogP) is 2.57. The second-order valence-electron chi connectivity index (χ2n) is 5.55. The smallest absolute Gasteiger partial charge is 0.325 e. The van der Waals surface area contributed by atoms with Gasteiger partial charge in [-0.3, -0.25) is 10.1 Å². The molecule has 138 valence electrons. The number of aromatic nitrogens is 2. The molecule has 0 unspecified atom stereocenters. The van der Waals surface area contributed by atoms with Gasteiger partial charge in [0.05, 0.1) is 11.9 Å². The van der Waals surface area contributed by atoms with Crippen molar-refractivity contribution in [2.24, 2.45) is 0 Å². The first-order chi connectivity index (χ1) is 12.7. The van der Waals surface area contributed by atoms with Gasteiger partial charge in [0.15, 0.2) is 4.34 Å². The Morgan fingerprint density at radius 2 is 2.08 bits per heavy atom. The van der Waals surface area contributed by atoms with E-state index in [-0.39, 0.29) is 17.8 Å². The van der Waals surface area contributed by atoms with Crippen LogP contribution >= 0.6 is 23.1 Å². The van der Waals surface area contributed by atoms with Crippen LogP contribution in [-0.4, -0.2) is 47.1 Å². The second-order valence-corrected chi connectivity index (χ2v) is 7.75. The fourth-order valence-electron chi connectivity index (χ4n) is 2.31. The van der Waals surface area contributed by atoms with Crippen molar-refractivity contribution in [2.75, 3.05) is 29.5 Å². The van der Waals surface area contributed by atoms with Crippen molar-refractivity contribution in [1.29, 1.82) is 0 Å². The highest BCUT2D eigenvalue weighted by atomic mass is 32.2. The van der Waals surface area contributed by atoms with Crippen LogP contribution in [0.15, 0.2) is 34.7 Å². The van der Waals surface area contributed by atoms with Crippen LogP contribution in [0.2, 0.25) is 0 Å². The SMILES string of the molecule is O=C(CSc1nnc(NC(=O)Nc2ccccc2)s1)NC[C@H]1CCCO1. The Morgan fingerprint density at radius 3 is 2.85 bits per heavy atom. The van der Waals surface area contributed by atoms with Crippen molar-refractivity contribution in [3.05, 3.63) is 30.3 Å². The molecule has 3 N–H and O–H groups in total. The quantitative estimate of drug-likeness (QED) is 0.493. The normalized spacial score (nSPS) is 16.2. The lowest BCUT2D eigenvalue weighted by molar-refractivity contribution is -0.119. The van der Waals surface area contributed by atoms with Gasteiger partial charge in [-0.1, -0.05) is 41.3 Å². The zero-order chi connectivity index (χ0) is 18.2. The Bertz CT molecular complexity index is 734. The molecule has 0 radical (unpaired) electrons. The molecule has 3 amide bonds. The highest BCUT2D eigenvalue weighted by Crippen LogP contribution is 2.25. The summed E-state index contributed by atoms with van der Waals surface area (Å²) in [6, 6.07) is 8.72. The fraction of sp³-hybridized carbons (Fsp3) is 0.375. The van der Waals surface area contributed by atoms with Crippen molar-refractivity contribution >= 4 is 45.9 Å². The second kappa shape index (κ2) is 9.51. The third-order valence-corrected chi connectivity index (χ3v) is 5.51. The van der Waals surface area contributed by atoms with E-state index in [4.69, 9.17) is 4.74 Å². The van der Waals surface area contributed by atoms with Crippen LogP contribution < -0.4 is 16.0 Å². The standard InChI is InChI=1S/C16H19N5O3S2/c22-13(17-9-12-7-4-8-24-12)10-25-16-21-20-15(26-16)19-14(23)18-11-5-2-1-3-6-11/h1-3,5-6,12H,4,7-10H2,(H,17,22)(H2,18,19,20,23)/t12-/m1/s1. The third kappa shape index (κ3) is 5.97. The molecule has 1 aromatic heterocycles. The number of nitrogens with zero attached hydrogens (tertiary/aromatic N) is 2. The number of ether oxygens (including phenoxy) is 1. The minimum atomic E-state index is -0.391. The highest BCUT2D eigenvalue weighted by molar-refractivity contribution is 8.01. The molecular formula is C16H19N5O3S2. The van der Waals surface area contributed by atoms with Gasteiger partial charge in [-0.05, 0) is 25.0 Å². The molecule has 1 aliphatic rings. The first-order valence-corrected chi connectivity index (χ1v) is 9.97. The van der Waals surface area contributed by atoms with E-state index in [9.17, 15) is 9.59 Å². The molecule has 1 fully saturated rings. The average molecular weight is 393 g/mol. The van der Waals surface area contributed by atoms with Crippen molar-refractivity contribution in [2.45, 2.75) is 23.3 Å². The zero-order valence-electron chi connectivity index (χ0n) is 13.9. The Labute approximate surface area is 159 Å². The van der Waals surface area contributed by atoms with Crippen LogP contribution in [0.3, 0.4) is 0 Å². The number of para-hydroxylation sites is 1. The molecule has 0 saturated carbocycles. The van der Waals surface area contributed by atoms with Crippen LogP contribution in [0.25, 0.3) is 0 Å². The minimum absolute atomic E-state index is 0.0722. The number of anilines is 2. The van der Waals surface area contributed by atoms with Crippen LogP contribution in [-0.2, 0) is 9.53 Å². The molecule has 0 bridgehead atoms. The molecule has 10 heteroatoms. The molecule has 26 heavy (non-hydrogen) atoms. The summed E-state index contributed by atoms with van der Waals surface area (Å²) in [6.45, 7) is 1.32. The maximum Gasteiger partial charge on any atom is 0.325 e. The number of carbonyl (C=O) groups excluding carboxylic acids is 2. The van der Waals surface area contributed by atoms with Crippen LogP contribution in [0.5, 0.6) is 0 Å². The minimum Gasteiger partial charge on any atom is -0.376 e. The van der Waals surface area contributed by atoms with Gasteiger partial charge >= 0.3 is 6.03 Å². The predicted molar refractivity (Wildman–Crippen MR) is 102 cm³/mol. The first kappa shape index (κ1) is 18.6. The van der Waals surface area contributed by atoms with E-state index in [1.807, 2.05) is 18.2 Å². The van der Waals surface area contributed by atoms with Gasteiger partial charge in [-0.15, -0.1) is 10.2 Å². The number of rotatable bonds is 7. The molecule has 0 spiro atoms. The average Bonchev–Trinajstić information content (AvgIpc) is 3.31. The van der Waals surface area contributed by atoms with E-state index in [0.29, 0.717) is 21.7 Å². The van der Waals surface area contributed by atoms with Crippen LogP contribution in [0.1, 0.15) is 12.8 Å². The molecule has 1 aromatic carbocycles. The summed E-state index contributed by atoms with van der Waals surface area (Å²) in [5.41, 5.74) is 0.687. The molecule has 3 rings (SSSR count). The first-order valence-electron chi connectivity index (χ1n) is 8.17. The molecule has 8 nitrogen and oxygen atoms in total. The number of carbonyl (C=O) groups is 2. The summed E-state index contributed by atoms with van der Waals surface area (Å²) >= 11 is 2.50. The fourth-order valence-corrected chi connectivity index (χ4v) is 3.89. The Kier molecular flexibility index (Phi) is 6.81. The van der Waals surface area contributed by atoms with Gasteiger partial charge in [0.2, 0.25) is 11.0 Å². The lowest BCUT2D eigenvalue weighted by Crippen LogP contribution is -2.32. The largest absolute Gasteiger partial charge is 0.376 e. The summed E-state index contributed by atoms with van der Waals surface area (Å²) in [7, 11) is 0. The van der Waals surface area contributed by atoms with Gasteiger partial charge in [-0.2, -0.15) is 0 Å². The molecule has 1 saturated heterocycles. The van der Waals surface area contributed by atoms with Crippen molar-refractivity contribution in [1.82, 2.24) is 15.5 Å². The Morgan fingerprint density at radius 1 is 1.23 bits per heavy atom. The van der Waals surface area contributed by atoms with Gasteiger partial charge < -0.3 is 15.4 Å². The Hall–Kier alpha value is -2.17. The topological polar surface area (TPSA) is 105 Å². The number of benzene rings is 1. The summed E-state index contributed by atoms with van der Waals surface area (Å²) in [6.07, 6.45) is 2.17. The lowest BCUT2D eigenvalue weighted by Gasteiger charge is -2.09. The number of amides is 3. The van der Waals surface area contributed by atoms with E-state index in [1.165, 1.54) is 23.1 Å². The highest BCUT2D eigenvalue weighted by Gasteiger charge is 2.16. The molecule has 1 atom stereocenters. The van der Waals surface area contributed by atoms with Crippen molar-refractivity contribution < 1.29 is 14.3 Å². The van der Waals surface area contributed by atoms with E-state index >= 15 is 0 Å². The van der Waals surface area contributed by atoms with Crippen molar-refractivity contribution in [3.63, 3.8) is 0 Å². The van der Waals surface area contributed by atoms with E-state index in [2.05, 4.69) is 26.1 Å². The number of thioether (sulfide) groups is 1. The maximum absolute atomic E-state index is 11.9. The van der Waals surface area contributed by atoms with Gasteiger partial charge in [0.1, 0.15) is 0 Å². The molecule has 1 aliphatic heterocycles. The van der Waals surface area contributed by atoms with Gasteiger partial charge in [-0.25, -0.2) is 4.79 Å². The summed E-state index contributed by atoms with van der Waals surface area (Å²) in [5, 5.41) is 16.4. The number of hydrogen-bond acceptors (Lipinski definition) is 7. The van der Waals surface area contributed by atoms with Gasteiger partial charge in [0.25, 0.3) is 0 Å². The third-order valence-electron chi connectivity index (χ3n) is 3.54.